The largest absolute Gasteiger partial charge is 0.354 e. The maximum atomic E-state index is 12.7. The minimum absolute atomic E-state index is 0.0118. The summed E-state index contributed by atoms with van der Waals surface area (Å²) in [7, 11) is 0. The number of rotatable bonds is 11. The topological polar surface area (TPSA) is 61.4 Å². The summed E-state index contributed by atoms with van der Waals surface area (Å²) in [5.74, 6) is 1.76. The molecule has 1 saturated heterocycles. The van der Waals surface area contributed by atoms with E-state index in [4.69, 9.17) is 0 Å². The first-order valence-corrected chi connectivity index (χ1v) is 13.3. The fourth-order valence-electron chi connectivity index (χ4n) is 4.75. The first kappa shape index (κ1) is 24.5. The molecule has 0 aromatic heterocycles. The number of carbonyl (C=O) groups excluding carboxylic acids is 2. The molecule has 2 rings (SSSR count). The van der Waals surface area contributed by atoms with Gasteiger partial charge < -0.3 is 15.5 Å². The van der Waals surface area contributed by atoms with Crippen molar-refractivity contribution in [1.82, 2.24) is 15.5 Å². The first-order chi connectivity index (χ1) is 14.0. The fraction of sp³-hybridized carbons (Fsp3) is 0.913. The molecule has 1 aliphatic carbocycles. The van der Waals surface area contributed by atoms with Crippen LogP contribution in [0.1, 0.15) is 78.1 Å². The molecule has 2 aliphatic rings. The van der Waals surface area contributed by atoms with Gasteiger partial charge in [0, 0.05) is 25.0 Å². The molecule has 2 fully saturated rings. The van der Waals surface area contributed by atoms with Crippen molar-refractivity contribution in [2.75, 3.05) is 31.6 Å². The molecular formula is C23H43N3O2S. The van der Waals surface area contributed by atoms with E-state index in [-0.39, 0.29) is 17.7 Å². The van der Waals surface area contributed by atoms with Crippen LogP contribution in [0.3, 0.4) is 0 Å². The lowest BCUT2D eigenvalue weighted by Gasteiger charge is -2.35. The quantitative estimate of drug-likeness (QED) is 0.494. The summed E-state index contributed by atoms with van der Waals surface area (Å²) in [6, 6.07) is 0.318. The lowest BCUT2D eigenvalue weighted by Crippen LogP contribution is -2.49. The number of hydrogen-bond donors (Lipinski definition) is 2. The highest BCUT2D eigenvalue weighted by atomic mass is 32.2. The van der Waals surface area contributed by atoms with Crippen molar-refractivity contribution in [2.45, 2.75) is 90.1 Å². The normalized spacial score (nSPS) is 26.7. The third-order valence-corrected chi connectivity index (χ3v) is 7.42. The molecule has 2 N–H and O–H groups in total. The van der Waals surface area contributed by atoms with Gasteiger partial charge in [-0.2, -0.15) is 11.8 Å². The van der Waals surface area contributed by atoms with E-state index in [2.05, 4.69) is 29.4 Å². The van der Waals surface area contributed by atoms with Gasteiger partial charge in [0.25, 0.3) is 0 Å². The molecule has 0 unspecified atom stereocenters. The number of nitrogens with one attached hydrogen (secondary N) is 2. The number of nitrogens with zero attached hydrogens (tertiary/aromatic N) is 1. The Bertz CT molecular complexity index is 495. The van der Waals surface area contributed by atoms with E-state index in [1.807, 2.05) is 6.26 Å². The molecule has 0 radical (unpaired) electrons. The minimum Gasteiger partial charge on any atom is -0.354 e. The Morgan fingerprint density at radius 2 is 1.90 bits per heavy atom. The molecule has 6 heteroatoms. The van der Waals surface area contributed by atoms with E-state index in [0.717, 1.165) is 50.3 Å². The fourth-order valence-corrected chi connectivity index (χ4v) is 5.22. The summed E-state index contributed by atoms with van der Waals surface area (Å²) in [6.07, 6.45) is 13.1. The Labute approximate surface area is 182 Å². The van der Waals surface area contributed by atoms with Gasteiger partial charge in [-0.05, 0) is 82.3 Å². The predicted octanol–water partition coefficient (Wildman–Crippen LogP) is 3.82. The van der Waals surface area contributed by atoms with Crippen molar-refractivity contribution in [2.24, 2.45) is 11.8 Å². The van der Waals surface area contributed by atoms with E-state index < -0.39 is 6.04 Å². The monoisotopic (exact) mass is 425 g/mol. The van der Waals surface area contributed by atoms with Crippen LogP contribution in [0.15, 0.2) is 0 Å². The lowest BCUT2D eigenvalue weighted by atomic mass is 9.82. The van der Waals surface area contributed by atoms with Gasteiger partial charge in [-0.15, -0.1) is 0 Å². The molecule has 0 spiro atoms. The Morgan fingerprint density at radius 1 is 1.14 bits per heavy atom. The van der Waals surface area contributed by atoms with Gasteiger partial charge in [0.2, 0.25) is 11.8 Å². The molecule has 1 saturated carbocycles. The summed E-state index contributed by atoms with van der Waals surface area (Å²) >= 11 is 1.72. The minimum atomic E-state index is -0.396. The maximum absolute atomic E-state index is 12.7. The van der Waals surface area contributed by atoms with Crippen molar-refractivity contribution in [3.63, 3.8) is 0 Å². The molecule has 5 nitrogen and oxygen atoms in total. The Balaban J connectivity index is 1.74. The van der Waals surface area contributed by atoms with Crippen molar-refractivity contribution < 1.29 is 9.59 Å². The molecule has 29 heavy (non-hydrogen) atoms. The zero-order valence-corrected chi connectivity index (χ0v) is 19.7. The highest BCUT2D eigenvalue weighted by Gasteiger charge is 2.28. The Hall–Kier alpha value is -0.750. The number of carbonyl (C=O) groups is 2. The molecule has 168 valence electrons. The second-order valence-corrected chi connectivity index (χ2v) is 10.0. The van der Waals surface area contributed by atoms with Gasteiger partial charge in [0.15, 0.2) is 0 Å². The maximum Gasteiger partial charge on any atom is 0.242 e. The molecule has 1 aliphatic heterocycles. The van der Waals surface area contributed by atoms with Crippen LogP contribution in [0.2, 0.25) is 0 Å². The predicted molar refractivity (Wildman–Crippen MR) is 123 cm³/mol. The van der Waals surface area contributed by atoms with Gasteiger partial charge in [0.1, 0.15) is 6.04 Å². The van der Waals surface area contributed by atoms with Crippen LogP contribution in [0.4, 0.5) is 0 Å². The summed E-state index contributed by atoms with van der Waals surface area (Å²) in [4.78, 5) is 28.0. The third kappa shape index (κ3) is 8.49. The van der Waals surface area contributed by atoms with Gasteiger partial charge in [0.05, 0.1) is 0 Å². The van der Waals surface area contributed by atoms with Crippen LogP contribution in [0.25, 0.3) is 0 Å². The van der Waals surface area contributed by atoms with Crippen LogP contribution in [-0.2, 0) is 9.59 Å². The molecule has 2 atom stereocenters. The lowest BCUT2D eigenvalue weighted by molar-refractivity contribution is -0.132. The Kier molecular flexibility index (Phi) is 11.4. The summed E-state index contributed by atoms with van der Waals surface area (Å²) in [5.41, 5.74) is 0. The van der Waals surface area contributed by atoms with Crippen LogP contribution in [-0.4, -0.2) is 60.4 Å². The molecule has 2 amide bonds. The highest BCUT2D eigenvalue weighted by molar-refractivity contribution is 7.98. The van der Waals surface area contributed by atoms with E-state index in [1.165, 1.54) is 32.2 Å². The van der Waals surface area contributed by atoms with Gasteiger partial charge in [-0.1, -0.05) is 20.3 Å². The average molecular weight is 426 g/mol. The van der Waals surface area contributed by atoms with Crippen LogP contribution >= 0.6 is 11.8 Å². The van der Waals surface area contributed by atoms with Gasteiger partial charge >= 0.3 is 0 Å². The van der Waals surface area contributed by atoms with E-state index >= 15 is 0 Å². The average Bonchev–Trinajstić information content (AvgIpc) is 2.74. The highest BCUT2D eigenvalue weighted by Crippen LogP contribution is 2.28. The van der Waals surface area contributed by atoms with Crippen molar-refractivity contribution in [3.8, 4) is 0 Å². The molecule has 0 aromatic carbocycles. The van der Waals surface area contributed by atoms with E-state index in [9.17, 15) is 9.59 Å². The van der Waals surface area contributed by atoms with Crippen molar-refractivity contribution in [1.29, 1.82) is 0 Å². The first-order valence-electron chi connectivity index (χ1n) is 11.9. The smallest absolute Gasteiger partial charge is 0.242 e. The van der Waals surface area contributed by atoms with Gasteiger partial charge in [-0.3, -0.25) is 9.59 Å². The summed E-state index contributed by atoms with van der Waals surface area (Å²) < 4.78 is 0. The second kappa shape index (κ2) is 13.5. The SMILES string of the molecule is CC[C@H]1CCCCN1CCCNC(=O)[C@H](CCSC)NC(=O)C1CCC(C)CC1. The van der Waals surface area contributed by atoms with E-state index in [1.54, 1.807) is 11.8 Å². The number of amides is 2. The zero-order valence-electron chi connectivity index (χ0n) is 18.9. The van der Waals surface area contributed by atoms with Crippen molar-refractivity contribution in [3.05, 3.63) is 0 Å². The number of hydrogen-bond acceptors (Lipinski definition) is 4. The summed E-state index contributed by atoms with van der Waals surface area (Å²) in [5, 5.41) is 6.16. The number of likely N-dealkylation sites (tertiary alicyclic amines) is 1. The number of thioether (sulfide) groups is 1. The molecule has 0 bridgehead atoms. The van der Waals surface area contributed by atoms with Crippen molar-refractivity contribution >= 4 is 23.6 Å². The standard InChI is InChI=1S/C23H43N3O2S/c1-4-20-8-5-6-15-26(20)16-7-14-24-23(28)21(13-17-29-3)25-22(27)19-11-9-18(2)10-12-19/h18-21H,4-17H2,1-3H3,(H,24,28)(H,25,27)/t18?,19?,20-,21-/m0/s1. The number of piperidine rings is 1. The second-order valence-electron chi connectivity index (χ2n) is 9.04. The molecule has 1 heterocycles. The Morgan fingerprint density at radius 3 is 2.59 bits per heavy atom. The summed E-state index contributed by atoms with van der Waals surface area (Å²) in [6.45, 7) is 7.48. The van der Waals surface area contributed by atoms with Crippen LogP contribution in [0, 0.1) is 11.8 Å². The zero-order chi connectivity index (χ0) is 21.1. The molecular weight excluding hydrogens is 382 g/mol. The third-order valence-electron chi connectivity index (χ3n) is 6.77. The van der Waals surface area contributed by atoms with Crippen LogP contribution in [0.5, 0.6) is 0 Å². The van der Waals surface area contributed by atoms with Gasteiger partial charge in [-0.25, -0.2) is 0 Å². The van der Waals surface area contributed by atoms with E-state index in [0.29, 0.717) is 19.0 Å². The molecule has 0 aromatic rings. The van der Waals surface area contributed by atoms with Crippen LogP contribution < -0.4 is 10.6 Å².